The molecule has 2 amide bonds. The van der Waals surface area contributed by atoms with Crippen molar-refractivity contribution < 1.29 is 27.4 Å². The summed E-state index contributed by atoms with van der Waals surface area (Å²) >= 11 is 17.5. The number of benzene rings is 2. The SMILES string of the molecule is Cc1ccc(NC(=O)NC2(C(F)(F)F)Oc3cc(Cl)c(Cl)cc3O2)cc1Cl. The fourth-order valence-corrected chi connectivity index (χ4v) is 2.71. The van der Waals surface area contributed by atoms with Gasteiger partial charge in [0.15, 0.2) is 11.5 Å². The molecule has 0 atom stereocenters. The number of amides is 2. The van der Waals surface area contributed by atoms with Crippen LogP contribution in [0.5, 0.6) is 11.5 Å². The minimum atomic E-state index is -5.12. The maximum absolute atomic E-state index is 13.6. The Balaban J connectivity index is 1.84. The molecule has 2 aromatic carbocycles. The largest absolute Gasteiger partial charge is 0.492 e. The number of anilines is 1. The van der Waals surface area contributed by atoms with Crippen molar-refractivity contribution in [2.45, 2.75) is 19.0 Å². The predicted molar refractivity (Wildman–Crippen MR) is 94.8 cm³/mol. The lowest BCUT2D eigenvalue weighted by Gasteiger charge is -2.29. The Morgan fingerprint density at radius 2 is 1.56 bits per heavy atom. The molecule has 11 heteroatoms. The van der Waals surface area contributed by atoms with Gasteiger partial charge in [0.05, 0.1) is 10.0 Å². The lowest BCUT2D eigenvalue weighted by molar-refractivity contribution is -0.317. The number of carbonyl (C=O) groups is 1. The molecule has 0 aliphatic carbocycles. The highest BCUT2D eigenvalue weighted by molar-refractivity contribution is 6.42. The summed E-state index contributed by atoms with van der Waals surface area (Å²) < 4.78 is 50.6. The van der Waals surface area contributed by atoms with E-state index >= 15 is 0 Å². The Labute approximate surface area is 166 Å². The van der Waals surface area contributed by atoms with Crippen molar-refractivity contribution in [3.8, 4) is 11.5 Å². The maximum Gasteiger partial charge on any atom is 0.492 e. The molecule has 0 spiro atoms. The maximum atomic E-state index is 13.6. The number of nitrogens with one attached hydrogen (secondary N) is 2. The Bertz CT molecular complexity index is 891. The van der Waals surface area contributed by atoms with Gasteiger partial charge < -0.3 is 14.8 Å². The van der Waals surface area contributed by atoms with Crippen LogP contribution < -0.4 is 20.1 Å². The summed E-state index contributed by atoms with van der Waals surface area (Å²) in [5, 5.41) is 4.16. The summed E-state index contributed by atoms with van der Waals surface area (Å²) in [6.07, 6.45) is -5.12. The smallest absolute Gasteiger partial charge is 0.424 e. The summed E-state index contributed by atoms with van der Waals surface area (Å²) in [6, 6.07) is 5.36. The van der Waals surface area contributed by atoms with Crippen molar-refractivity contribution in [3.05, 3.63) is 51.0 Å². The summed E-state index contributed by atoms with van der Waals surface area (Å²) in [4.78, 5) is 12.1. The van der Waals surface area contributed by atoms with Crippen LogP contribution in [0.3, 0.4) is 0 Å². The van der Waals surface area contributed by atoms with E-state index in [1.807, 2.05) is 0 Å². The van der Waals surface area contributed by atoms with Crippen LogP contribution in [0.4, 0.5) is 23.7 Å². The van der Waals surface area contributed by atoms with Crippen LogP contribution in [0.2, 0.25) is 15.1 Å². The van der Waals surface area contributed by atoms with Crippen LogP contribution in [0.15, 0.2) is 30.3 Å². The summed E-state index contributed by atoms with van der Waals surface area (Å²) in [7, 11) is 0. The Morgan fingerprint density at radius 3 is 2.04 bits per heavy atom. The Hall–Kier alpha value is -2.03. The van der Waals surface area contributed by atoms with E-state index < -0.39 is 18.1 Å². The van der Waals surface area contributed by atoms with Crippen LogP contribution in [-0.2, 0) is 0 Å². The third kappa shape index (κ3) is 3.83. The lowest BCUT2D eigenvalue weighted by Crippen LogP contribution is -2.65. The van der Waals surface area contributed by atoms with Gasteiger partial charge >= 0.3 is 18.1 Å². The van der Waals surface area contributed by atoms with E-state index in [9.17, 15) is 18.0 Å². The third-order valence-electron chi connectivity index (χ3n) is 3.58. The van der Waals surface area contributed by atoms with Gasteiger partial charge in [-0.3, -0.25) is 5.32 Å². The second-order valence-electron chi connectivity index (χ2n) is 5.57. The van der Waals surface area contributed by atoms with Crippen molar-refractivity contribution in [3.63, 3.8) is 0 Å². The molecule has 0 saturated carbocycles. The molecule has 0 bridgehead atoms. The molecule has 27 heavy (non-hydrogen) atoms. The molecule has 3 rings (SSSR count). The number of halogens is 6. The van der Waals surface area contributed by atoms with Crippen LogP contribution in [-0.4, -0.2) is 18.1 Å². The molecular weight excluding hydrogens is 432 g/mol. The molecule has 0 radical (unpaired) electrons. The third-order valence-corrected chi connectivity index (χ3v) is 4.70. The minimum absolute atomic E-state index is 0.0317. The first-order chi connectivity index (χ1) is 12.5. The van der Waals surface area contributed by atoms with Gasteiger partial charge in [0, 0.05) is 22.8 Å². The van der Waals surface area contributed by atoms with Gasteiger partial charge in [0.2, 0.25) is 0 Å². The minimum Gasteiger partial charge on any atom is -0.424 e. The fraction of sp³-hybridized carbons (Fsp3) is 0.188. The summed E-state index contributed by atoms with van der Waals surface area (Å²) in [5.41, 5.74) is 0.920. The molecule has 2 aromatic rings. The Morgan fingerprint density at radius 1 is 1.00 bits per heavy atom. The van der Waals surface area contributed by atoms with Crippen molar-refractivity contribution >= 4 is 46.5 Å². The molecule has 0 unspecified atom stereocenters. The van der Waals surface area contributed by atoms with Crippen LogP contribution >= 0.6 is 34.8 Å². The van der Waals surface area contributed by atoms with Crippen LogP contribution in [0.25, 0.3) is 0 Å². The number of alkyl halides is 3. The van der Waals surface area contributed by atoms with Gasteiger partial charge in [-0.1, -0.05) is 40.9 Å². The molecule has 1 heterocycles. The summed E-state index contributed by atoms with van der Waals surface area (Å²) in [5.74, 6) is -4.08. The van der Waals surface area contributed by atoms with Gasteiger partial charge in [-0.2, -0.15) is 13.2 Å². The van der Waals surface area contributed by atoms with E-state index in [-0.39, 0.29) is 27.2 Å². The molecule has 144 valence electrons. The first-order valence-corrected chi connectivity index (χ1v) is 8.43. The van der Waals surface area contributed by atoms with Crippen molar-refractivity contribution in [2.24, 2.45) is 0 Å². The van der Waals surface area contributed by atoms with E-state index in [1.54, 1.807) is 18.3 Å². The van der Waals surface area contributed by atoms with E-state index in [0.717, 1.165) is 17.7 Å². The highest BCUT2D eigenvalue weighted by Crippen LogP contribution is 2.48. The summed E-state index contributed by atoms with van der Waals surface area (Å²) in [6.45, 7) is 1.73. The molecule has 1 aliphatic rings. The molecule has 0 saturated heterocycles. The van der Waals surface area contributed by atoms with Crippen LogP contribution in [0.1, 0.15) is 5.56 Å². The highest BCUT2D eigenvalue weighted by Gasteiger charge is 2.65. The molecule has 0 aromatic heterocycles. The number of fused-ring (bicyclic) bond motifs is 1. The molecule has 1 aliphatic heterocycles. The van der Waals surface area contributed by atoms with E-state index in [4.69, 9.17) is 44.3 Å². The van der Waals surface area contributed by atoms with Gasteiger partial charge in [0.1, 0.15) is 0 Å². The molecular formula is C16H10Cl3F3N2O3. The van der Waals surface area contributed by atoms with Crippen molar-refractivity contribution in [1.29, 1.82) is 0 Å². The zero-order chi connectivity index (χ0) is 20.0. The number of urea groups is 1. The van der Waals surface area contributed by atoms with Crippen molar-refractivity contribution in [1.82, 2.24) is 5.32 Å². The van der Waals surface area contributed by atoms with E-state index in [2.05, 4.69) is 5.32 Å². The number of aryl methyl sites for hydroxylation is 1. The van der Waals surface area contributed by atoms with Gasteiger partial charge in [-0.25, -0.2) is 4.79 Å². The fourth-order valence-electron chi connectivity index (χ4n) is 2.22. The standard InChI is InChI=1S/C16H10Cl3F3N2O3/c1-7-2-3-8(4-9(7)17)23-14(25)24-16(15(20,21)22)26-12-5-10(18)11(19)6-13(12)27-16/h2-6H,1H3,(H2,23,24,25). The number of carbonyl (C=O) groups excluding carboxylic acids is 1. The topological polar surface area (TPSA) is 59.6 Å². The number of hydrogen-bond donors (Lipinski definition) is 2. The molecule has 5 nitrogen and oxygen atoms in total. The second kappa shape index (κ2) is 6.85. The zero-order valence-electron chi connectivity index (χ0n) is 13.4. The average molecular weight is 442 g/mol. The second-order valence-corrected chi connectivity index (χ2v) is 6.80. The van der Waals surface area contributed by atoms with Gasteiger partial charge in [-0.15, -0.1) is 0 Å². The quantitative estimate of drug-likeness (QED) is 0.622. The predicted octanol–water partition coefficient (Wildman–Crippen LogP) is 5.76. The Kier molecular flexibility index (Phi) is 5.00. The van der Waals surface area contributed by atoms with Crippen molar-refractivity contribution in [2.75, 3.05) is 5.32 Å². The molecule has 2 N–H and O–H groups in total. The first kappa shape index (κ1) is 19.7. The van der Waals surface area contributed by atoms with Gasteiger partial charge in [0.25, 0.3) is 0 Å². The van der Waals surface area contributed by atoms with E-state index in [0.29, 0.717) is 5.02 Å². The first-order valence-electron chi connectivity index (χ1n) is 7.30. The normalized spacial score (nSPS) is 14.8. The number of hydrogen-bond acceptors (Lipinski definition) is 3. The average Bonchev–Trinajstić information content (AvgIpc) is 2.89. The number of rotatable bonds is 2. The van der Waals surface area contributed by atoms with E-state index in [1.165, 1.54) is 12.1 Å². The molecule has 0 fully saturated rings. The zero-order valence-corrected chi connectivity index (χ0v) is 15.6. The lowest BCUT2D eigenvalue weighted by atomic mass is 10.2. The monoisotopic (exact) mass is 440 g/mol. The highest BCUT2D eigenvalue weighted by atomic mass is 35.5. The van der Waals surface area contributed by atoms with Gasteiger partial charge in [-0.05, 0) is 24.6 Å². The number of ether oxygens (including phenoxy) is 2. The van der Waals surface area contributed by atoms with Crippen LogP contribution in [0, 0.1) is 6.92 Å².